The van der Waals surface area contributed by atoms with Gasteiger partial charge in [0.05, 0.1) is 12.0 Å². The van der Waals surface area contributed by atoms with E-state index >= 15 is 0 Å². The highest BCUT2D eigenvalue weighted by Gasteiger charge is 2.18. The lowest BCUT2D eigenvalue weighted by Gasteiger charge is -2.07. The van der Waals surface area contributed by atoms with E-state index in [9.17, 15) is 15.3 Å². The molecule has 21 heavy (non-hydrogen) atoms. The third kappa shape index (κ3) is 3.11. The van der Waals surface area contributed by atoms with Gasteiger partial charge in [-0.15, -0.1) is 0 Å². The highest BCUT2D eigenvalue weighted by atomic mass is 35.5. The Bertz CT molecular complexity index is 716. The van der Waals surface area contributed by atoms with E-state index in [2.05, 4.69) is 5.16 Å². The van der Waals surface area contributed by atoms with Crippen LogP contribution in [-0.2, 0) is 0 Å². The molecule has 2 rings (SSSR count). The molecule has 0 aliphatic heterocycles. The molecule has 6 nitrogen and oxygen atoms in total. The Morgan fingerprint density at radius 3 is 2.57 bits per heavy atom. The molecule has 0 saturated carbocycles. The molecular weight excluding hydrogens is 296 g/mol. The zero-order valence-electron chi connectivity index (χ0n) is 11.0. The summed E-state index contributed by atoms with van der Waals surface area (Å²) in [5.41, 5.74) is 0.901. The second-order valence-electron chi connectivity index (χ2n) is 4.10. The first-order valence-electron chi connectivity index (χ1n) is 5.87. The fourth-order valence-electron chi connectivity index (χ4n) is 1.90. The van der Waals surface area contributed by atoms with E-state index in [1.807, 2.05) is 0 Å². The lowest BCUT2D eigenvalue weighted by atomic mass is 10.0. The molecule has 1 N–H and O–H groups in total. The van der Waals surface area contributed by atoms with E-state index in [1.165, 1.54) is 19.2 Å². The van der Waals surface area contributed by atoms with Crippen LogP contribution in [0, 0.1) is 10.1 Å². The van der Waals surface area contributed by atoms with Gasteiger partial charge in [0.15, 0.2) is 5.75 Å². The maximum absolute atomic E-state index is 11.0. The SMILES string of the molecule is COc1ccc(/C(=N/O)c2cccc(Cl)c2)cc1[N+](=O)[O-]. The number of methoxy groups -OCH3 is 1. The van der Waals surface area contributed by atoms with Gasteiger partial charge in [-0.1, -0.05) is 28.9 Å². The molecule has 2 aromatic rings. The molecule has 0 heterocycles. The Hall–Kier alpha value is -2.60. The average Bonchev–Trinajstić information content (AvgIpc) is 2.48. The van der Waals surface area contributed by atoms with E-state index in [1.54, 1.807) is 30.3 Å². The van der Waals surface area contributed by atoms with E-state index in [-0.39, 0.29) is 17.1 Å². The smallest absolute Gasteiger partial charge is 0.311 e. The molecule has 0 aliphatic rings. The molecule has 0 bridgehead atoms. The van der Waals surface area contributed by atoms with E-state index < -0.39 is 4.92 Å². The number of oxime groups is 1. The fourth-order valence-corrected chi connectivity index (χ4v) is 2.09. The van der Waals surface area contributed by atoms with Gasteiger partial charge >= 0.3 is 5.69 Å². The van der Waals surface area contributed by atoms with Crippen LogP contribution in [0.25, 0.3) is 0 Å². The van der Waals surface area contributed by atoms with Crippen molar-refractivity contribution in [3.05, 3.63) is 68.7 Å². The number of rotatable bonds is 4. The van der Waals surface area contributed by atoms with E-state index in [4.69, 9.17) is 16.3 Å². The van der Waals surface area contributed by atoms with Crippen LogP contribution < -0.4 is 4.74 Å². The van der Waals surface area contributed by atoms with Gasteiger partial charge in [-0.2, -0.15) is 0 Å². The minimum atomic E-state index is -0.560. The third-order valence-electron chi connectivity index (χ3n) is 2.85. The van der Waals surface area contributed by atoms with Crippen LogP contribution in [-0.4, -0.2) is 23.0 Å². The van der Waals surface area contributed by atoms with Gasteiger partial charge in [-0.25, -0.2) is 0 Å². The number of halogens is 1. The number of benzene rings is 2. The van der Waals surface area contributed by atoms with Crippen molar-refractivity contribution in [3.63, 3.8) is 0 Å². The summed E-state index contributed by atoms with van der Waals surface area (Å²) in [7, 11) is 1.35. The lowest BCUT2D eigenvalue weighted by molar-refractivity contribution is -0.385. The van der Waals surface area contributed by atoms with Crippen LogP contribution in [0.1, 0.15) is 11.1 Å². The van der Waals surface area contributed by atoms with Crippen LogP contribution in [0.5, 0.6) is 5.75 Å². The molecule has 0 saturated heterocycles. The van der Waals surface area contributed by atoms with Gasteiger partial charge < -0.3 is 9.94 Å². The quantitative estimate of drug-likeness (QED) is 0.405. The first-order valence-corrected chi connectivity index (χ1v) is 6.25. The summed E-state index contributed by atoms with van der Waals surface area (Å²) >= 11 is 5.90. The number of nitro benzene ring substituents is 1. The van der Waals surface area contributed by atoms with Crippen molar-refractivity contribution < 1.29 is 14.9 Å². The maximum Gasteiger partial charge on any atom is 0.311 e. The van der Waals surface area contributed by atoms with Gasteiger partial charge in [-0.3, -0.25) is 10.1 Å². The van der Waals surface area contributed by atoms with Crippen LogP contribution in [0.3, 0.4) is 0 Å². The number of hydrogen-bond acceptors (Lipinski definition) is 5. The summed E-state index contributed by atoms with van der Waals surface area (Å²) in [5.74, 6) is 0.132. The fraction of sp³-hybridized carbons (Fsp3) is 0.0714. The third-order valence-corrected chi connectivity index (χ3v) is 3.08. The number of nitrogens with zero attached hydrogens (tertiary/aromatic N) is 2. The first-order chi connectivity index (χ1) is 10.1. The highest BCUT2D eigenvalue weighted by Crippen LogP contribution is 2.29. The summed E-state index contributed by atoms with van der Waals surface area (Å²) in [6, 6.07) is 11.0. The zero-order chi connectivity index (χ0) is 15.4. The number of ether oxygens (including phenoxy) is 1. The maximum atomic E-state index is 11.0. The van der Waals surface area contributed by atoms with Gasteiger partial charge in [0.1, 0.15) is 5.71 Å². The lowest BCUT2D eigenvalue weighted by Crippen LogP contribution is -2.05. The topological polar surface area (TPSA) is 85.0 Å². The standard InChI is InChI=1S/C14H11ClN2O4/c1-21-13-6-5-10(8-12(13)17(19)20)14(16-18)9-3-2-4-11(15)7-9/h2-8,18H,1H3/b16-14+. The van der Waals surface area contributed by atoms with Gasteiger partial charge in [0.2, 0.25) is 0 Å². The van der Waals surface area contributed by atoms with Crippen LogP contribution in [0.2, 0.25) is 5.02 Å². The molecule has 0 spiro atoms. The molecule has 0 aromatic heterocycles. The Labute approximate surface area is 125 Å². The minimum absolute atomic E-state index is 0.132. The first kappa shape index (κ1) is 14.8. The van der Waals surface area contributed by atoms with Gasteiger partial charge in [-0.05, 0) is 24.3 Å². The van der Waals surface area contributed by atoms with Crippen molar-refractivity contribution in [1.82, 2.24) is 0 Å². The summed E-state index contributed by atoms with van der Waals surface area (Å²) < 4.78 is 4.93. The molecule has 0 radical (unpaired) electrons. The van der Waals surface area contributed by atoms with Crippen LogP contribution >= 0.6 is 11.6 Å². The van der Waals surface area contributed by atoms with E-state index in [0.29, 0.717) is 16.1 Å². The normalized spacial score (nSPS) is 11.2. The molecule has 7 heteroatoms. The molecule has 2 aromatic carbocycles. The predicted octanol–water partition coefficient (Wildman–Crippen LogP) is 3.48. The van der Waals surface area contributed by atoms with Crippen molar-refractivity contribution in [2.45, 2.75) is 0 Å². The number of hydrogen-bond donors (Lipinski definition) is 1. The summed E-state index contributed by atoms with van der Waals surface area (Å²) in [5, 5.41) is 23.9. The largest absolute Gasteiger partial charge is 0.490 e. The Kier molecular flexibility index (Phi) is 4.39. The van der Waals surface area contributed by atoms with Crippen LogP contribution in [0.4, 0.5) is 5.69 Å². The van der Waals surface area contributed by atoms with Gasteiger partial charge in [0, 0.05) is 22.2 Å². The second kappa shape index (κ2) is 6.23. The summed E-state index contributed by atoms with van der Waals surface area (Å²) in [6.07, 6.45) is 0. The van der Waals surface area contributed by atoms with Crippen molar-refractivity contribution in [3.8, 4) is 5.75 Å². The summed E-state index contributed by atoms with van der Waals surface area (Å²) in [4.78, 5) is 10.5. The molecule has 0 unspecified atom stereocenters. The molecule has 0 atom stereocenters. The van der Waals surface area contributed by atoms with Crippen molar-refractivity contribution >= 4 is 23.0 Å². The van der Waals surface area contributed by atoms with Crippen molar-refractivity contribution in [2.24, 2.45) is 5.16 Å². The van der Waals surface area contributed by atoms with Crippen molar-refractivity contribution in [1.29, 1.82) is 0 Å². The van der Waals surface area contributed by atoms with E-state index in [0.717, 1.165) is 0 Å². The van der Waals surface area contributed by atoms with Crippen LogP contribution in [0.15, 0.2) is 47.6 Å². The van der Waals surface area contributed by atoms with Crippen molar-refractivity contribution in [2.75, 3.05) is 7.11 Å². The monoisotopic (exact) mass is 306 g/mol. The zero-order valence-corrected chi connectivity index (χ0v) is 11.7. The molecule has 0 fully saturated rings. The Morgan fingerprint density at radius 1 is 1.29 bits per heavy atom. The minimum Gasteiger partial charge on any atom is -0.490 e. The summed E-state index contributed by atoms with van der Waals surface area (Å²) in [6.45, 7) is 0. The Morgan fingerprint density at radius 2 is 2.00 bits per heavy atom. The number of nitro groups is 1. The molecular formula is C14H11ClN2O4. The Balaban J connectivity index is 2.54. The predicted molar refractivity (Wildman–Crippen MR) is 78.5 cm³/mol. The van der Waals surface area contributed by atoms with Gasteiger partial charge in [0.25, 0.3) is 0 Å². The molecule has 0 amide bonds. The average molecular weight is 307 g/mol. The second-order valence-corrected chi connectivity index (χ2v) is 4.54. The highest BCUT2D eigenvalue weighted by molar-refractivity contribution is 6.31. The molecule has 108 valence electrons. The molecule has 0 aliphatic carbocycles.